The normalized spacial score (nSPS) is 14.3. The number of hydrogen-bond donors (Lipinski definition) is 1. The van der Waals surface area contributed by atoms with Crippen LogP contribution in [0, 0.1) is 18.6 Å². The van der Waals surface area contributed by atoms with Gasteiger partial charge in [-0.25, -0.2) is 37.1 Å². The van der Waals surface area contributed by atoms with Gasteiger partial charge >= 0.3 is 0 Å². The smallest absolute Gasteiger partial charge is 0.229 e. The third kappa shape index (κ3) is 5.37. The fourth-order valence-electron chi connectivity index (χ4n) is 4.83. The van der Waals surface area contributed by atoms with E-state index in [1.54, 1.807) is 12.1 Å². The lowest BCUT2D eigenvalue weighted by Crippen LogP contribution is -2.34. The van der Waals surface area contributed by atoms with Crippen molar-refractivity contribution in [1.82, 2.24) is 29.4 Å². The van der Waals surface area contributed by atoms with Crippen LogP contribution in [0.4, 0.5) is 20.5 Å². The molecule has 0 saturated carbocycles. The summed E-state index contributed by atoms with van der Waals surface area (Å²) in [7, 11) is -3.02. The number of sulfone groups is 1. The summed E-state index contributed by atoms with van der Waals surface area (Å²) in [6, 6.07) is 6.69. The molecule has 1 aliphatic heterocycles. The van der Waals surface area contributed by atoms with Gasteiger partial charge in [-0.05, 0) is 44.5 Å². The van der Waals surface area contributed by atoms with E-state index < -0.39 is 21.5 Å². The molecule has 0 bridgehead atoms. The third-order valence-corrected chi connectivity index (χ3v) is 7.53. The van der Waals surface area contributed by atoms with E-state index in [-0.39, 0.29) is 34.5 Å². The molecule has 0 aliphatic carbocycles. The largest absolute Gasteiger partial charge is 0.326 e. The molecule has 200 valence electrons. The molecule has 0 saturated heterocycles. The fourth-order valence-corrected chi connectivity index (χ4v) is 5.42. The number of anilines is 2. The molecule has 9 nitrogen and oxygen atoms in total. The van der Waals surface area contributed by atoms with Crippen molar-refractivity contribution in [2.45, 2.75) is 39.8 Å². The van der Waals surface area contributed by atoms with Gasteiger partial charge in [-0.15, -0.1) is 0 Å². The summed E-state index contributed by atoms with van der Waals surface area (Å²) in [6.45, 7) is 7.57. The van der Waals surface area contributed by atoms with Crippen LogP contribution < -0.4 is 5.32 Å². The number of rotatable bonds is 7. The Hall–Kier alpha value is -3.51. The average Bonchev–Trinajstić information content (AvgIpc) is 3.20. The molecule has 1 N–H and O–H groups in total. The second-order valence-corrected chi connectivity index (χ2v) is 12.2. The van der Waals surface area contributed by atoms with Crippen LogP contribution in [0.25, 0.3) is 22.3 Å². The number of halogens is 2. The average molecular weight is 542 g/mol. The molecule has 0 amide bonds. The van der Waals surface area contributed by atoms with E-state index in [9.17, 15) is 17.2 Å². The number of benzene rings is 1. The molecule has 4 aromatic rings. The van der Waals surface area contributed by atoms with Crippen molar-refractivity contribution in [1.29, 1.82) is 0 Å². The Kier molecular flexibility index (Phi) is 6.86. The first-order chi connectivity index (χ1) is 18.0. The molecule has 0 radical (unpaired) electrons. The lowest BCUT2D eigenvalue weighted by molar-refractivity contribution is 0.267. The van der Waals surface area contributed by atoms with E-state index in [0.717, 1.165) is 17.5 Å². The first kappa shape index (κ1) is 26.1. The highest BCUT2D eigenvalue weighted by Crippen LogP contribution is 2.30. The van der Waals surface area contributed by atoms with E-state index in [1.807, 2.05) is 31.4 Å². The number of hydrogen-bond acceptors (Lipinski definition) is 8. The minimum Gasteiger partial charge on any atom is -0.326 e. The Labute approximate surface area is 219 Å². The molecular weight excluding hydrogens is 512 g/mol. The maximum atomic E-state index is 15.0. The Balaban J connectivity index is 1.40. The van der Waals surface area contributed by atoms with Crippen LogP contribution in [0.5, 0.6) is 0 Å². The van der Waals surface area contributed by atoms with Crippen LogP contribution in [0.2, 0.25) is 0 Å². The number of nitrogens with zero attached hydrogens (tertiary/aromatic N) is 6. The predicted molar refractivity (Wildman–Crippen MR) is 142 cm³/mol. The maximum Gasteiger partial charge on any atom is 0.229 e. The molecule has 1 aromatic carbocycles. The summed E-state index contributed by atoms with van der Waals surface area (Å²) in [5.41, 5.74) is 2.99. The third-order valence-electron chi connectivity index (χ3n) is 6.60. The highest BCUT2D eigenvalue weighted by Gasteiger charge is 2.21. The van der Waals surface area contributed by atoms with Crippen molar-refractivity contribution in [2.24, 2.45) is 0 Å². The standard InChI is InChI=1S/C26H29F2N7O2S/c1-15(2)35-16(3)30-25-19(27)11-18(12-22(25)35)24-20(28)13-29-26(33-24)32-23-6-5-17-14-34(8-7-21(17)31-23)9-10-38(4,36)37/h5-6,11-13,15H,7-10,14H2,1-4H3,(H,29,31,32,33). The number of imidazole rings is 1. The van der Waals surface area contributed by atoms with Gasteiger partial charge < -0.3 is 9.88 Å². The van der Waals surface area contributed by atoms with Crippen LogP contribution >= 0.6 is 0 Å². The second kappa shape index (κ2) is 9.99. The minimum atomic E-state index is -3.02. The summed E-state index contributed by atoms with van der Waals surface area (Å²) in [5, 5.41) is 3.03. The van der Waals surface area contributed by atoms with Crippen molar-refractivity contribution in [2.75, 3.05) is 30.4 Å². The maximum absolute atomic E-state index is 15.0. The lowest BCUT2D eigenvalue weighted by Gasteiger charge is -2.28. The lowest BCUT2D eigenvalue weighted by atomic mass is 10.1. The topological polar surface area (TPSA) is 106 Å². The molecule has 5 rings (SSSR count). The van der Waals surface area contributed by atoms with E-state index in [2.05, 4.69) is 30.2 Å². The molecule has 0 spiro atoms. The number of nitrogens with one attached hydrogen (secondary N) is 1. The monoisotopic (exact) mass is 541 g/mol. The van der Waals surface area contributed by atoms with Gasteiger partial charge in [0.25, 0.3) is 0 Å². The van der Waals surface area contributed by atoms with Crippen molar-refractivity contribution in [3.63, 3.8) is 0 Å². The van der Waals surface area contributed by atoms with Gasteiger partial charge in [0.05, 0.1) is 17.5 Å². The number of pyridine rings is 1. The van der Waals surface area contributed by atoms with Gasteiger partial charge in [0.2, 0.25) is 5.95 Å². The highest BCUT2D eigenvalue weighted by molar-refractivity contribution is 7.90. The van der Waals surface area contributed by atoms with Crippen LogP contribution in [-0.4, -0.2) is 62.9 Å². The van der Waals surface area contributed by atoms with Gasteiger partial charge in [-0.1, -0.05) is 6.07 Å². The summed E-state index contributed by atoms with van der Waals surface area (Å²) < 4.78 is 54.7. The number of aryl methyl sites for hydroxylation is 1. The van der Waals surface area contributed by atoms with Crippen molar-refractivity contribution >= 4 is 32.6 Å². The fraction of sp³-hybridized carbons (Fsp3) is 0.385. The van der Waals surface area contributed by atoms with Gasteiger partial charge in [0.15, 0.2) is 11.6 Å². The van der Waals surface area contributed by atoms with Crippen molar-refractivity contribution < 1.29 is 17.2 Å². The zero-order chi connectivity index (χ0) is 27.2. The Bertz CT molecular complexity index is 1640. The van der Waals surface area contributed by atoms with E-state index in [4.69, 9.17) is 0 Å². The molecule has 0 atom stereocenters. The van der Waals surface area contributed by atoms with E-state index >= 15 is 0 Å². The zero-order valence-electron chi connectivity index (χ0n) is 21.7. The van der Waals surface area contributed by atoms with Crippen LogP contribution in [0.3, 0.4) is 0 Å². The molecule has 3 aromatic heterocycles. The summed E-state index contributed by atoms with van der Waals surface area (Å²) in [6.07, 6.45) is 2.96. The van der Waals surface area contributed by atoms with Crippen molar-refractivity contribution in [3.8, 4) is 11.3 Å². The quantitative estimate of drug-likeness (QED) is 0.371. The predicted octanol–water partition coefficient (Wildman–Crippen LogP) is 4.20. The molecule has 1 aliphatic rings. The van der Waals surface area contributed by atoms with Gasteiger partial charge in [-0.3, -0.25) is 4.90 Å². The summed E-state index contributed by atoms with van der Waals surface area (Å²) in [5.74, 6) is 0.211. The first-order valence-corrected chi connectivity index (χ1v) is 14.4. The zero-order valence-corrected chi connectivity index (χ0v) is 22.5. The van der Waals surface area contributed by atoms with Crippen LogP contribution in [-0.2, 0) is 22.8 Å². The SMILES string of the molecule is Cc1nc2c(F)cc(-c3nc(Nc4ccc5c(n4)CCN(CCS(C)(=O)=O)C5)ncc3F)cc2n1C(C)C. The van der Waals surface area contributed by atoms with E-state index in [0.29, 0.717) is 43.2 Å². The van der Waals surface area contributed by atoms with Gasteiger partial charge in [-0.2, -0.15) is 0 Å². The Morgan fingerprint density at radius 3 is 2.63 bits per heavy atom. The first-order valence-electron chi connectivity index (χ1n) is 12.4. The molecule has 12 heteroatoms. The van der Waals surface area contributed by atoms with Gasteiger partial charge in [0, 0.05) is 49.6 Å². The Morgan fingerprint density at radius 2 is 1.89 bits per heavy atom. The van der Waals surface area contributed by atoms with Gasteiger partial charge in [0.1, 0.15) is 32.7 Å². The Morgan fingerprint density at radius 1 is 1.11 bits per heavy atom. The molecule has 0 unspecified atom stereocenters. The molecule has 0 fully saturated rings. The van der Waals surface area contributed by atoms with Crippen molar-refractivity contribution in [3.05, 3.63) is 59.2 Å². The molecule has 38 heavy (non-hydrogen) atoms. The number of fused-ring (bicyclic) bond motifs is 2. The summed E-state index contributed by atoms with van der Waals surface area (Å²) in [4.78, 5) is 19.5. The summed E-state index contributed by atoms with van der Waals surface area (Å²) >= 11 is 0. The van der Waals surface area contributed by atoms with Crippen LogP contribution in [0.15, 0.2) is 30.5 Å². The molecular formula is C26H29F2N7O2S. The highest BCUT2D eigenvalue weighted by atomic mass is 32.2. The van der Waals surface area contributed by atoms with Crippen LogP contribution in [0.1, 0.15) is 37.0 Å². The molecule has 4 heterocycles. The van der Waals surface area contributed by atoms with E-state index in [1.165, 1.54) is 12.3 Å². The number of aromatic nitrogens is 5. The second-order valence-electron chi connectivity index (χ2n) is 9.92. The minimum absolute atomic E-state index is 0.0306.